The van der Waals surface area contributed by atoms with E-state index in [1.165, 1.54) is 5.01 Å². The average Bonchev–Trinajstić information content (AvgIpc) is 3.13. The third-order valence-corrected chi connectivity index (χ3v) is 4.93. The van der Waals surface area contributed by atoms with Gasteiger partial charge in [0.2, 0.25) is 5.91 Å². The number of rotatable bonds is 5. The molecule has 7 heteroatoms. The molecule has 1 aromatic rings. The number of carbonyl (C=O) groups excluding carboxylic acids is 2. The topological polar surface area (TPSA) is 109 Å². The van der Waals surface area contributed by atoms with Crippen LogP contribution in [-0.4, -0.2) is 29.7 Å². The van der Waals surface area contributed by atoms with Crippen LogP contribution in [0.25, 0.3) is 0 Å². The van der Waals surface area contributed by atoms with Crippen molar-refractivity contribution >= 4 is 23.3 Å². The molecule has 26 heavy (non-hydrogen) atoms. The Kier molecular flexibility index (Phi) is 5.52. The van der Waals surface area contributed by atoms with E-state index in [2.05, 4.69) is 11.2 Å². The third kappa shape index (κ3) is 3.85. The van der Waals surface area contributed by atoms with Crippen molar-refractivity contribution in [3.8, 4) is 6.07 Å². The average molecular weight is 354 g/mol. The van der Waals surface area contributed by atoms with E-state index in [0.29, 0.717) is 5.69 Å². The lowest BCUT2D eigenvalue weighted by Gasteiger charge is -2.25. The van der Waals surface area contributed by atoms with Crippen molar-refractivity contribution in [3.63, 3.8) is 0 Å². The van der Waals surface area contributed by atoms with E-state index >= 15 is 0 Å². The first kappa shape index (κ1) is 17.9. The van der Waals surface area contributed by atoms with Crippen LogP contribution in [0.1, 0.15) is 38.5 Å². The molecule has 0 saturated heterocycles. The van der Waals surface area contributed by atoms with Gasteiger partial charge in [0.05, 0.1) is 5.69 Å². The highest BCUT2D eigenvalue weighted by Gasteiger charge is 2.37. The van der Waals surface area contributed by atoms with E-state index < -0.39 is 24.0 Å². The van der Waals surface area contributed by atoms with Gasteiger partial charge < -0.3 is 10.5 Å². The predicted molar refractivity (Wildman–Crippen MR) is 96.0 cm³/mol. The van der Waals surface area contributed by atoms with Crippen LogP contribution in [0.3, 0.4) is 0 Å². The molecule has 136 valence electrons. The molecule has 3 rings (SSSR count). The Morgan fingerprint density at radius 1 is 1.23 bits per heavy atom. The SMILES string of the molecule is N#CC(OC(=O)C1=NN(c2ccccc2)C(C(N)=O)C1)C1CCCCC1. The van der Waals surface area contributed by atoms with Crippen molar-refractivity contribution in [1.29, 1.82) is 5.26 Å². The number of hydrogen-bond acceptors (Lipinski definition) is 6. The highest BCUT2D eigenvalue weighted by Crippen LogP contribution is 2.29. The number of nitrogens with zero attached hydrogens (tertiary/aromatic N) is 3. The second-order valence-corrected chi connectivity index (χ2v) is 6.70. The van der Waals surface area contributed by atoms with Crippen LogP contribution in [0.4, 0.5) is 5.69 Å². The number of esters is 1. The van der Waals surface area contributed by atoms with Crippen LogP contribution in [0.2, 0.25) is 0 Å². The van der Waals surface area contributed by atoms with E-state index in [4.69, 9.17) is 10.5 Å². The van der Waals surface area contributed by atoms with Crippen LogP contribution in [0.15, 0.2) is 35.4 Å². The van der Waals surface area contributed by atoms with E-state index in [1.807, 2.05) is 18.2 Å². The van der Waals surface area contributed by atoms with Gasteiger partial charge in [-0.05, 0) is 25.0 Å². The number of primary amides is 1. The maximum absolute atomic E-state index is 12.5. The van der Waals surface area contributed by atoms with Gasteiger partial charge in [-0.25, -0.2) is 4.79 Å². The van der Waals surface area contributed by atoms with E-state index in [-0.39, 0.29) is 18.1 Å². The van der Waals surface area contributed by atoms with E-state index in [1.54, 1.807) is 12.1 Å². The number of anilines is 1. The summed E-state index contributed by atoms with van der Waals surface area (Å²) in [6.07, 6.45) is 4.33. The largest absolute Gasteiger partial charge is 0.442 e. The molecule has 2 N–H and O–H groups in total. The molecule has 2 aliphatic rings. The lowest BCUT2D eigenvalue weighted by atomic mass is 9.85. The Morgan fingerprint density at radius 3 is 2.54 bits per heavy atom. The first-order chi connectivity index (χ1) is 12.6. The summed E-state index contributed by atoms with van der Waals surface area (Å²) in [5.41, 5.74) is 6.26. The maximum atomic E-state index is 12.5. The molecular weight excluding hydrogens is 332 g/mol. The van der Waals surface area contributed by atoms with Crippen molar-refractivity contribution in [2.75, 3.05) is 5.01 Å². The summed E-state index contributed by atoms with van der Waals surface area (Å²) >= 11 is 0. The van der Waals surface area contributed by atoms with Crippen molar-refractivity contribution in [2.45, 2.75) is 50.7 Å². The zero-order valence-electron chi connectivity index (χ0n) is 14.5. The van der Waals surface area contributed by atoms with Gasteiger partial charge in [0.25, 0.3) is 0 Å². The molecule has 1 fully saturated rings. The summed E-state index contributed by atoms with van der Waals surface area (Å²) < 4.78 is 5.43. The summed E-state index contributed by atoms with van der Waals surface area (Å²) in [6.45, 7) is 0. The molecule has 0 radical (unpaired) electrons. The quantitative estimate of drug-likeness (QED) is 0.815. The van der Waals surface area contributed by atoms with Gasteiger partial charge in [-0.1, -0.05) is 37.5 Å². The van der Waals surface area contributed by atoms with Gasteiger partial charge in [0.15, 0.2) is 6.10 Å². The number of nitrogens with two attached hydrogens (primary N) is 1. The number of para-hydroxylation sites is 1. The smallest absolute Gasteiger partial charge is 0.355 e. The molecule has 7 nitrogen and oxygen atoms in total. The Hall–Kier alpha value is -2.88. The molecule has 1 amide bonds. The number of ether oxygens (including phenoxy) is 1. The number of hydrazone groups is 1. The molecule has 0 aromatic heterocycles. The number of carbonyl (C=O) groups is 2. The number of benzene rings is 1. The van der Waals surface area contributed by atoms with Crippen molar-refractivity contribution in [2.24, 2.45) is 16.8 Å². The molecule has 0 bridgehead atoms. The van der Waals surface area contributed by atoms with Gasteiger partial charge >= 0.3 is 5.97 Å². The predicted octanol–water partition coefficient (Wildman–Crippen LogP) is 2.12. The summed E-state index contributed by atoms with van der Waals surface area (Å²) in [5, 5.41) is 15.1. The summed E-state index contributed by atoms with van der Waals surface area (Å²) in [5.74, 6) is -1.15. The summed E-state index contributed by atoms with van der Waals surface area (Å²) in [6, 6.07) is 10.4. The Bertz CT molecular complexity index is 735. The Labute approximate surface area is 152 Å². The van der Waals surface area contributed by atoms with Gasteiger partial charge in [-0.15, -0.1) is 0 Å². The molecule has 1 aliphatic heterocycles. The van der Waals surface area contributed by atoms with Gasteiger partial charge in [0, 0.05) is 12.3 Å². The molecule has 2 atom stereocenters. The molecule has 2 unspecified atom stereocenters. The van der Waals surface area contributed by atoms with Gasteiger partial charge in [0.1, 0.15) is 17.8 Å². The van der Waals surface area contributed by atoms with Gasteiger partial charge in [-0.2, -0.15) is 10.4 Å². The van der Waals surface area contributed by atoms with Crippen LogP contribution in [0, 0.1) is 17.2 Å². The number of nitriles is 1. The van der Waals surface area contributed by atoms with Crippen LogP contribution in [0.5, 0.6) is 0 Å². The van der Waals surface area contributed by atoms with E-state index in [0.717, 1.165) is 32.1 Å². The second kappa shape index (κ2) is 8.00. The zero-order valence-corrected chi connectivity index (χ0v) is 14.5. The lowest BCUT2D eigenvalue weighted by Crippen LogP contribution is -2.39. The van der Waals surface area contributed by atoms with Crippen LogP contribution >= 0.6 is 0 Å². The molecular formula is C19H22N4O3. The molecule has 1 heterocycles. The lowest BCUT2D eigenvalue weighted by molar-refractivity contribution is -0.140. The summed E-state index contributed by atoms with van der Waals surface area (Å²) in [7, 11) is 0. The highest BCUT2D eigenvalue weighted by atomic mass is 16.5. The fourth-order valence-electron chi connectivity index (χ4n) is 3.52. The first-order valence-corrected chi connectivity index (χ1v) is 8.92. The minimum absolute atomic E-state index is 0.0665. The third-order valence-electron chi connectivity index (χ3n) is 4.93. The van der Waals surface area contributed by atoms with Crippen LogP contribution < -0.4 is 10.7 Å². The zero-order chi connectivity index (χ0) is 18.5. The monoisotopic (exact) mass is 354 g/mol. The van der Waals surface area contributed by atoms with Crippen molar-refractivity contribution < 1.29 is 14.3 Å². The standard InChI is InChI=1S/C19H22N4O3/c20-12-17(13-7-3-1-4-8-13)26-19(25)15-11-16(18(21)24)23(22-15)14-9-5-2-6-10-14/h2,5-6,9-10,13,16-17H,1,3-4,7-8,11H2,(H2,21,24). The minimum Gasteiger partial charge on any atom is -0.442 e. The highest BCUT2D eigenvalue weighted by molar-refractivity contribution is 6.38. The summed E-state index contributed by atoms with van der Waals surface area (Å²) in [4.78, 5) is 24.3. The molecule has 1 aliphatic carbocycles. The van der Waals surface area contributed by atoms with E-state index in [9.17, 15) is 14.9 Å². The maximum Gasteiger partial charge on any atom is 0.355 e. The Morgan fingerprint density at radius 2 is 1.92 bits per heavy atom. The van der Waals surface area contributed by atoms with Gasteiger partial charge in [-0.3, -0.25) is 9.80 Å². The first-order valence-electron chi connectivity index (χ1n) is 8.92. The number of amides is 1. The molecule has 1 aromatic carbocycles. The van der Waals surface area contributed by atoms with Crippen molar-refractivity contribution in [3.05, 3.63) is 30.3 Å². The molecule has 1 saturated carbocycles. The fraction of sp³-hybridized carbons (Fsp3) is 0.474. The van der Waals surface area contributed by atoms with Crippen molar-refractivity contribution in [1.82, 2.24) is 0 Å². The normalized spacial score (nSPS) is 21.6. The second-order valence-electron chi connectivity index (χ2n) is 6.70. The molecule has 0 spiro atoms. The van der Waals surface area contributed by atoms with Crippen LogP contribution in [-0.2, 0) is 14.3 Å². The number of hydrogen-bond donors (Lipinski definition) is 1. The Balaban J connectivity index is 1.74. The fourth-order valence-corrected chi connectivity index (χ4v) is 3.52. The minimum atomic E-state index is -0.775.